The Morgan fingerprint density at radius 2 is 1.97 bits per heavy atom. The summed E-state index contributed by atoms with van der Waals surface area (Å²) in [6.45, 7) is 3.36. The van der Waals surface area contributed by atoms with Crippen LogP contribution >= 0.6 is 11.8 Å². The van der Waals surface area contributed by atoms with Gasteiger partial charge in [-0.2, -0.15) is 0 Å². The molecule has 1 aliphatic heterocycles. The third-order valence-electron chi connectivity index (χ3n) is 4.82. The first kappa shape index (κ1) is 19.9. The molecule has 2 aromatic carbocycles. The highest BCUT2D eigenvalue weighted by Gasteiger charge is 2.21. The van der Waals surface area contributed by atoms with Gasteiger partial charge >= 0.3 is 0 Å². The number of thioether (sulfide) groups is 1. The molecule has 29 heavy (non-hydrogen) atoms. The van der Waals surface area contributed by atoms with Gasteiger partial charge in [-0.3, -0.25) is 4.57 Å². The summed E-state index contributed by atoms with van der Waals surface area (Å²) in [6, 6.07) is 14.3. The molecule has 4 rings (SSSR count). The van der Waals surface area contributed by atoms with E-state index in [0.717, 1.165) is 36.5 Å². The Morgan fingerprint density at radius 1 is 1.14 bits per heavy atom. The number of nitrogens with zero attached hydrogens (tertiary/aromatic N) is 3. The summed E-state index contributed by atoms with van der Waals surface area (Å²) in [6.07, 6.45) is 3.55. The highest BCUT2D eigenvalue weighted by molar-refractivity contribution is 7.99. The maximum Gasteiger partial charge on any atom is 0.196 e. The fourth-order valence-electron chi connectivity index (χ4n) is 3.37. The molecule has 0 radical (unpaired) electrons. The predicted molar refractivity (Wildman–Crippen MR) is 112 cm³/mol. The van der Waals surface area contributed by atoms with E-state index in [1.54, 1.807) is 28.5 Å². The lowest BCUT2D eigenvalue weighted by molar-refractivity contribution is 0.0315. The first-order chi connectivity index (χ1) is 14.3. The smallest absolute Gasteiger partial charge is 0.196 e. The normalized spacial score (nSPS) is 16.7. The number of hydrogen-bond donors (Lipinski definition) is 0. The lowest BCUT2D eigenvalue weighted by Crippen LogP contribution is -2.21. The largest absolute Gasteiger partial charge is 0.494 e. The Morgan fingerprint density at radius 3 is 2.69 bits per heavy atom. The van der Waals surface area contributed by atoms with Crippen molar-refractivity contribution in [1.29, 1.82) is 0 Å². The standard InChI is InChI=1S/C22H24FN3O2S/c1-2-27-17-12-10-16(11-13-17)21-24-25-22(29-15-18-7-5-6-14-28-18)26(21)20-9-4-3-8-19(20)23/h3-4,8-13,18H,2,5-7,14-15H2,1H3. The van der Waals surface area contributed by atoms with Crippen LogP contribution in [0.3, 0.4) is 0 Å². The van der Waals surface area contributed by atoms with Crippen molar-refractivity contribution in [1.82, 2.24) is 14.8 Å². The van der Waals surface area contributed by atoms with Gasteiger partial charge in [0.1, 0.15) is 11.6 Å². The average molecular weight is 414 g/mol. The van der Waals surface area contributed by atoms with Gasteiger partial charge in [0, 0.05) is 17.9 Å². The van der Waals surface area contributed by atoms with E-state index in [9.17, 15) is 4.39 Å². The maximum absolute atomic E-state index is 14.7. The van der Waals surface area contributed by atoms with Crippen molar-refractivity contribution in [3.8, 4) is 22.8 Å². The van der Waals surface area contributed by atoms with Gasteiger partial charge in [-0.25, -0.2) is 4.39 Å². The third kappa shape index (κ3) is 4.62. The van der Waals surface area contributed by atoms with E-state index in [1.165, 1.54) is 12.5 Å². The molecule has 7 heteroatoms. The summed E-state index contributed by atoms with van der Waals surface area (Å²) in [5.74, 6) is 1.85. The second-order valence-corrected chi connectivity index (χ2v) is 7.84. The molecule has 0 amide bonds. The monoisotopic (exact) mass is 413 g/mol. The van der Waals surface area contributed by atoms with Gasteiger partial charge in [0.05, 0.1) is 18.4 Å². The van der Waals surface area contributed by atoms with Crippen molar-refractivity contribution in [3.05, 3.63) is 54.3 Å². The number of ether oxygens (including phenoxy) is 2. The van der Waals surface area contributed by atoms with Crippen molar-refractivity contribution in [2.75, 3.05) is 19.0 Å². The van der Waals surface area contributed by atoms with Crippen LogP contribution < -0.4 is 4.74 Å². The van der Waals surface area contributed by atoms with Gasteiger partial charge in [-0.1, -0.05) is 23.9 Å². The molecule has 1 atom stereocenters. The molecule has 1 fully saturated rings. The minimum atomic E-state index is -0.310. The summed E-state index contributed by atoms with van der Waals surface area (Å²) in [5.41, 5.74) is 1.29. The number of para-hydroxylation sites is 1. The molecule has 0 aliphatic carbocycles. The Bertz CT molecular complexity index is 939. The van der Waals surface area contributed by atoms with Crippen molar-refractivity contribution in [2.24, 2.45) is 0 Å². The number of hydrogen-bond acceptors (Lipinski definition) is 5. The van der Waals surface area contributed by atoms with Gasteiger partial charge in [-0.05, 0) is 62.6 Å². The quantitative estimate of drug-likeness (QED) is 0.503. The highest BCUT2D eigenvalue weighted by atomic mass is 32.2. The van der Waals surface area contributed by atoms with Crippen LogP contribution in [0.5, 0.6) is 5.75 Å². The van der Waals surface area contributed by atoms with E-state index >= 15 is 0 Å². The Hall–Kier alpha value is -2.38. The minimum Gasteiger partial charge on any atom is -0.494 e. The fraction of sp³-hybridized carbons (Fsp3) is 0.364. The molecule has 0 bridgehead atoms. The lowest BCUT2D eigenvalue weighted by Gasteiger charge is -2.22. The number of halogens is 1. The maximum atomic E-state index is 14.7. The van der Waals surface area contributed by atoms with Crippen LogP contribution in [-0.2, 0) is 4.74 Å². The average Bonchev–Trinajstić information content (AvgIpc) is 3.18. The zero-order valence-electron chi connectivity index (χ0n) is 16.4. The zero-order chi connectivity index (χ0) is 20.1. The SMILES string of the molecule is CCOc1ccc(-c2nnc(SCC3CCCCO3)n2-c2ccccc2F)cc1. The fourth-order valence-corrected chi connectivity index (χ4v) is 4.38. The first-order valence-corrected chi connectivity index (χ1v) is 10.9. The second-order valence-electron chi connectivity index (χ2n) is 6.85. The molecule has 5 nitrogen and oxygen atoms in total. The number of benzene rings is 2. The Kier molecular flexibility index (Phi) is 6.46. The summed E-state index contributed by atoms with van der Waals surface area (Å²) >= 11 is 1.56. The molecule has 0 saturated carbocycles. The molecule has 1 unspecified atom stereocenters. The molecule has 2 heterocycles. The van der Waals surface area contributed by atoms with Gasteiger partial charge in [0.15, 0.2) is 11.0 Å². The molecule has 0 spiro atoms. The van der Waals surface area contributed by atoms with Crippen LogP contribution in [0.15, 0.2) is 53.7 Å². The summed E-state index contributed by atoms with van der Waals surface area (Å²) < 4.78 is 27.8. The second kappa shape index (κ2) is 9.41. The third-order valence-corrected chi connectivity index (χ3v) is 5.88. The van der Waals surface area contributed by atoms with E-state index < -0.39 is 0 Å². The molecular weight excluding hydrogens is 389 g/mol. The van der Waals surface area contributed by atoms with Gasteiger partial charge in [-0.15, -0.1) is 10.2 Å². The van der Waals surface area contributed by atoms with E-state index in [2.05, 4.69) is 10.2 Å². The van der Waals surface area contributed by atoms with E-state index in [1.807, 2.05) is 37.3 Å². The van der Waals surface area contributed by atoms with Crippen molar-refractivity contribution in [3.63, 3.8) is 0 Å². The molecule has 3 aromatic rings. The molecule has 0 N–H and O–H groups in total. The molecule has 1 saturated heterocycles. The van der Waals surface area contributed by atoms with Gasteiger partial charge in [0.25, 0.3) is 0 Å². The summed E-state index contributed by atoms with van der Waals surface area (Å²) in [4.78, 5) is 0. The van der Waals surface area contributed by atoms with E-state index in [0.29, 0.717) is 23.3 Å². The minimum absolute atomic E-state index is 0.202. The summed E-state index contributed by atoms with van der Waals surface area (Å²) in [7, 11) is 0. The van der Waals surface area contributed by atoms with Gasteiger partial charge < -0.3 is 9.47 Å². The van der Waals surface area contributed by atoms with Gasteiger partial charge in [0.2, 0.25) is 0 Å². The van der Waals surface area contributed by atoms with Crippen LogP contribution in [0.4, 0.5) is 4.39 Å². The highest BCUT2D eigenvalue weighted by Crippen LogP contribution is 2.31. The van der Waals surface area contributed by atoms with Crippen LogP contribution in [0.2, 0.25) is 0 Å². The molecule has 1 aliphatic rings. The predicted octanol–water partition coefficient (Wildman–Crippen LogP) is 5.13. The molecular formula is C22H24FN3O2S. The first-order valence-electron chi connectivity index (χ1n) is 9.94. The lowest BCUT2D eigenvalue weighted by atomic mass is 10.1. The summed E-state index contributed by atoms with van der Waals surface area (Å²) in [5, 5.41) is 9.42. The Balaban J connectivity index is 1.67. The number of aromatic nitrogens is 3. The topological polar surface area (TPSA) is 49.2 Å². The van der Waals surface area contributed by atoms with Crippen molar-refractivity contribution >= 4 is 11.8 Å². The zero-order valence-corrected chi connectivity index (χ0v) is 17.2. The van der Waals surface area contributed by atoms with E-state index in [-0.39, 0.29) is 11.9 Å². The number of rotatable bonds is 7. The molecule has 1 aromatic heterocycles. The van der Waals surface area contributed by atoms with Crippen molar-refractivity contribution < 1.29 is 13.9 Å². The van der Waals surface area contributed by atoms with Crippen molar-refractivity contribution in [2.45, 2.75) is 37.4 Å². The Labute approximate surface area is 174 Å². The van der Waals surface area contributed by atoms with E-state index in [4.69, 9.17) is 9.47 Å². The molecule has 152 valence electrons. The van der Waals surface area contributed by atoms with Crippen LogP contribution in [0.25, 0.3) is 17.1 Å². The van der Waals surface area contributed by atoms with Crippen LogP contribution in [0.1, 0.15) is 26.2 Å². The van der Waals surface area contributed by atoms with Crippen LogP contribution in [-0.4, -0.2) is 39.8 Å². The van der Waals surface area contributed by atoms with Crippen LogP contribution in [0, 0.1) is 5.82 Å².